The lowest BCUT2D eigenvalue weighted by Crippen LogP contribution is -2.48. The van der Waals surface area contributed by atoms with Crippen LogP contribution in [0.2, 0.25) is 15.1 Å². The summed E-state index contributed by atoms with van der Waals surface area (Å²) in [5.74, 6) is -1.77. The fourth-order valence-corrected chi connectivity index (χ4v) is 7.45. The van der Waals surface area contributed by atoms with E-state index < -0.39 is 23.4 Å². The van der Waals surface area contributed by atoms with Gasteiger partial charge in [-0.25, -0.2) is 0 Å². The molecule has 0 N–H and O–H groups in total. The minimum absolute atomic E-state index is 0.240. The standard InChI is InChI=1S/C33H20Cl3NO3/c34-20-12-9-19(10-13-20)30(38)29-28(24-15-14-21(35)17-25(24)36)33(31(39)22-6-2-3-7-23(22)32(33)40)27-16-11-18-5-1-4-8-26(18)37(27)29/h1-17,27-29H/t27?,28-,29+/m1/s1. The number of fused-ring (bicyclic) bond motifs is 5. The Hall–Kier alpha value is -3.70. The highest BCUT2D eigenvalue weighted by molar-refractivity contribution is 6.36. The summed E-state index contributed by atoms with van der Waals surface area (Å²) >= 11 is 19.3. The number of hydrogen-bond acceptors (Lipinski definition) is 4. The van der Waals surface area contributed by atoms with Gasteiger partial charge in [0.1, 0.15) is 11.5 Å². The molecule has 196 valence electrons. The normalized spacial score (nSPS) is 21.9. The molecule has 3 atom stereocenters. The molecule has 1 fully saturated rings. The number of carbonyl (C=O) groups excluding carboxylic acids is 3. The molecule has 0 aromatic heterocycles. The molecule has 4 nitrogen and oxygen atoms in total. The van der Waals surface area contributed by atoms with E-state index in [9.17, 15) is 14.4 Å². The molecule has 3 aliphatic rings. The minimum Gasteiger partial charge on any atom is -0.352 e. The number of benzene rings is 4. The van der Waals surface area contributed by atoms with E-state index in [0.717, 1.165) is 11.3 Å². The highest BCUT2D eigenvalue weighted by Gasteiger charge is 2.71. The third-order valence-corrected chi connectivity index (χ3v) is 9.22. The number of rotatable bonds is 3. The summed E-state index contributed by atoms with van der Waals surface area (Å²) in [5, 5.41) is 1.20. The highest BCUT2D eigenvalue weighted by Crippen LogP contribution is 2.61. The summed E-state index contributed by atoms with van der Waals surface area (Å²) in [6, 6.07) is 24.6. The van der Waals surface area contributed by atoms with Gasteiger partial charge in [-0.2, -0.15) is 0 Å². The maximum absolute atomic E-state index is 14.6. The largest absolute Gasteiger partial charge is 0.352 e. The highest BCUT2D eigenvalue weighted by atomic mass is 35.5. The average molecular weight is 585 g/mol. The van der Waals surface area contributed by atoms with Crippen molar-refractivity contribution >= 4 is 63.9 Å². The Labute approximate surface area is 245 Å². The second kappa shape index (κ2) is 9.17. The molecule has 1 unspecified atom stereocenters. The SMILES string of the molecule is O=C(c1ccc(Cl)cc1)[C@@H]1[C@@H](c2ccc(Cl)cc2Cl)C2(C(=O)c3ccccc3C2=O)C2C=Cc3ccccc3N21. The van der Waals surface area contributed by atoms with Gasteiger partial charge in [-0.3, -0.25) is 14.4 Å². The molecule has 2 aliphatic heterocycles. The molecule has 7 heteroatoms. The third-order valence-electron chi connectivity index (χ3n) is 8.41. The fraction of sp³-hybridized carbons (Fsp3) is 0.121. The van der Waals surface area contributed by atoms with Gasteiger partial charge in [0.05, 0.1) is 6.04 Å². The van der Waals surface area contributed by atoms with E-state index in [4.69, 9.17) is 34.8 Å². The van der Waals surface area contributed by atoms with Crippen LogP contribution in [0.4, 0.5) is 5.69 Å². The van der Waals surface area contributed by atoms with Crippen molar-refractivity contribution in [2.24, 2.45) is 5.41 Å². The van der Waals surface area contributed by atoms with Crippen LogP contribution in [0.1, 0.15) is 48.1 Å². The molecule has 7 rings (SSSR count). The number of Topliss-reactive ketones (excluding diaryl/α,β-unsaturated/α-hetero) is 3. The van der Waals surface area contributed by atoms with Crippen molar-refractivity contribution in [1.29, 1.82) is 0 Å². The number of halogens is 3. The second-order valence-electron chi connectivity index (χ2n) is 10.3. The molecule has 0 radical (unpaired) electrons. The van der Waals surface area contributed by atoms with Crippen LogP contribution >= 0.6 is 34.8 Å². The molecule has 0 saturated carbocycles. The molecule has 1 spiro atoms. The summed E-state index contributed by atoms with van der Waals surface area (Å²) in [6.07, 6.45) is 3.81. The van der Waals surface area contributed by atoms with E-state index in [1.807, 2.05) is 41.3 Å². The summed E-state index contributed by atoms with van der Waals surface area (Å²) in [4.78, 5) is 45.8. The number of anilines is 1. The maximum atomic E-state index is 14.6. The second-order valence-corrected chi connectivity index (χ2v) is 11.6. The van der Waals surface area contributed by atoms with Crippen molar-refractivity contribution in [3.05, 3.63) is 140 Å². The van der Waals surface area contributed by atoms with Crippen LogP contribution in [-0.2, 0) is 0 Å². The first-order chi connectivity index (χ1) is 19.3. The van der Waals surface area contributed by atoms with E-state index in [1.54, 1.807) is 66.7 Å². The zero-order valence-corrected chi connectivity index (χ0v) is 23.1. The first kappa shape index (κ1) is 25.3. The lowest BCUT2D eigenvalue weighted by molar-refractivity contribution is 0.0666. The molecule has 4 aromatic rings. The average Bonchev–Trinajstić information content (AvgIpc) is 3.39. The molecule has 0 bridgehead atoms. The van der Waals surface area contributed by atoms with Gasteiger partial charge < -0.3 is 4.90 Å². The smallest absolute Gasteiger partial charge is 0.185 e. The summed E-state index contributed by atoms with van der Waals surface area (Å²) in [6.45, 7) is 0. The van der Waals surface area contributed by atoms with Crippen LogP contribution in [0.25, 0.3) is 6.08 Å². The third kappa shape index (κ3) is 3.37. The monoisotopic (exact) mass is 583 g/mol. The molecule has 1 saturated heterocycles. The maximum Gasteiger partial charge on any atom is 0.185 e. The lowest BCUT2D eigenvalue weighted by Gasteiger charge is -2.37. The molecule has 4 aromatic carbocycles. The summed E-state index contributed by atoms with van der Waals surface area (Å²) in [7, 11) is 0. The Morgan fingerprint density at radius 1 is 0.750 bits per heavy atom. The Morgan fingerprint density at radius 3 is 2.05 bits per heavy atom. The fourth-order valence-electron chi connectivity index (χ4n) is 6.80. The van der Waals surface area contributed by atoms with E-state index in [1.165, 1.54) is 0 Å². The van der Waals surface area contributed by atoms with E-state index in [-0.39, 0.29) is 17.3 Å². The molecule has 0 amide bonds. The quantitative estimate of drug-likeness (QED) is 0.181. The Bertz CT molecular complexity index is 1740. The predicted octanol–water partition coefficient (Wildman–Crippen LogP) is 7.96. The van der Waals surface area contributed by atoms with Crippen LogP contribution in [0.3, 0.4) is 0 Å². The number of para-hydroxylation sites is 1. The zero-order valence-electron chi connectivity index (χ0n) is 20.9. The van der Waals surface area contributed by atoms with Gasteiger partial charge in [-0.1, -0.05) is 95.5 Å². The van der Waals surface area contributed by atoms with Crippen LogP contribution in [0, 0.1) is 5.41 Å². The molecular weight excluding hydrogens is 565 g/mol. The van der Waals surface area contributed by atoms with Crippen molar-refractivity contribution in [2.75, 3.05) is 4.90 Å². The van der Waals surface area contributed by atoms with Gasteiger partial charge >= 0.3 is 0 Å². The van der Waals surface area contributed by atoms with Crippen LogP contribution < -0.4 is 4.90 Å². The summed E-state index contributed by atoms with van der Waals surface area (Å²) in [5.41, 5.74) is 1.68. The van der Waals surface area contributed by atoms with Crippen LogP contribution in [-0.4, -0.2) is 29.4 Å². The number of ketones is 3. The first-order valence-corrected chi connectivity index (χ1v) is 14.0. The number of hydrogen-bond donors (Lipinski definition) is 0. The van der Waals surface area contributed by atoms with Gasteiger partial charge in [0.15, 0.2) is 17.3 Å². The van der Waals surface area contributed by atoms with Crippen LogP contribution in [0.5, 0.6) is 0 Å². The molecule has 40 heavy (non-hydrogen) atoms. The predicted molar refractivity (Wildman–Crippen MR) is 158 cm³/mol. The van der Waals surface area contributed by atoms with E-state index >= 15 is 0 Å². The summed E-state index contributed by atoms with van der Waals surface area (Å²) < 4.78 is 0. The van der Waals surface area contributed by atoms with Gasteiger partial charge in [0, 0.05) is 43.4 Å². The van der Waals surface area contributed by atoms with Crippen molar-refractivity contribution in [1.82, 2.24) is 0 Å². The van der Waals surface area contributed by atoms with E-state index in [0.29, 0.717) is 37.3 Å². The number of nitrogens with zero attached hydrogens (tertiary/aromatic N) is 1. The molecule has 1 aliphatic carbocycles. The van der Waals surface area contributed by atoms with Gasteiger partial charge in [-0.15, -0.1) is 0 Å². The zero-order chi connectivity index (χ0) is 27.8. The van der Waals surface area contributed by atoms with Gasteiger partial charge in [0.2, 0.25) is 0 Å². The first-order valence-electron chi connectivity index (χ1n) is 12.8. The number of carbonyl (C=O) groups is 3. The Morgan fingerprint density at radius 2 is 1.38 bits per heavy atom. The van der Waals surface area contributed by atoms with Gasteiger partial charge in [-0.05, 0) is 53.6 Å². The van der Waals surface area contributed by atoms with Crippen molar-refractivity contribution in [2.45, 2.75) is 18.0 Å². The van der Waals surface area contributed by atoms with Crippen molar-refractivity contribution < 1.29 is 14.4 Å². The van der Waals surface area contributed by atoms with Gasteiger partial charge in [0.25, 0.3) is 0 Å². The lowest BCUT2D eigenvalue weighted by atomic mass is 9.64. The molecular formula is C33H20Cl3NO3. The minimum atomic E-state index is -1.63. The Balaban J connectivity index is 1.56. The topological polar surface area (TPSA) is 54.5 Å². The van der Waals surface area contributed by atoms with Crippen molar-refractivity contribution in [3.63, 3.8) is 0 Å². The van der Waals surface area contributed by atoms with Crippen LogP contribution in [0.15, 0.2) is 97.1 Å². The van der Waals surface area contributed by atoms with Crippen molar-refractivity contribution in [3.8, 4) is 0 Å². The van der Waals surface area contributed by atoms with E-state index in [2.05, 4.69) is 0 Å². The molecule has 2 heterocycles. The Kier molecular flexibility index (Phi) is 5.79.